The molecule has 5 unspecified atom stereocenters. The molecule has 0 radical (unpaired) electrons. The first-order valence-corrected chi connectivity index (χ1v) is 52.4. The number of primary sulfonamides is 1. The van der Waals surface area contributed by atoms with Crippen molar-refractivity contribution in [3.63, 3.8) is 0 Å². The molecule has 5 aromatic heterocycles. The van der Waals surface area contributed by atoms with E-state index in [-0.39, 0.29) is 114 Å². The molecule has 43 heteroatoms. The van der Waals surface area contributed by atoms with Crippen molar-refractivity contribution in [2.45, 2.75) is 101 Å². The van der Waals surface area contributed by atoms with Crippen molar-refractivity contribution in [1.82, 2.24) is 26.2 Å². The maximum absolute atomic E-state index is 13.3. The minimum Gasteiger partial charge on any atom is -0.507 e. The van der Waals surface area contributed by atoms with E-state index in [9.17, 15) is 90.3 Å². The fraction of sp³-hybridized carbons (Fsp3) is 0.218. The van der Waals surface area contributed by atoms with Crippen LogP contribution in [0.15, 0.2) is 281 Å². The van der Waals surface area contributed by atoms with Gasteiger partial charge in [0.1, 0.15) is 114 Å². The molecule has 144 heavy (non-hydrogen) atoms. The summed E-state index contributed by atoms with van der Waals surface area (Å²) in [5.74, 6) is 0.418. The molecule has 2 saturated heterocycles. The number of nitrogens with one attached hydrogen (secondary N) is 4. The fourth-order valence-corrected chi connectivity index (χ4v) is 22.6. The van der Waals surface area contributed by atoms with E-state index in [1.54, 1.807) is 172 Å². The van der Waals surface area contributed by atoms with Crippen LogP contribution < -0.4 is 36.0 Å². The third-order valence-electron chi connectivity index (χ3n) is 21.1. The average molecular weight is 2140 g/mol. The number of alkyl halides is 3. The molecule has 742 valence electrons. The minimum absolute atomic E-state index is 0.00799. The summed E-state index contributed by atoms with van der Waals surface area (Å²) in [6.07, 6.45) is 8.74. The molecule has 30 nitrogen and oxygen atoms in total. The SMILES string of the molecule is CC1=C(C#N)C(=O)N(CC(C)O)C(=O)/C1=C/c1ccc(-c2ccc(Cl)cc2)o1.CC1=C(C#N)C(=O)NC(=O)C1Cc1ccc(-c2ccc(S(N)(=O)=O)cc2)o1.CCCCSC1=C(C#N)C(=O)NC(c2ccc(OC)cc2)S1.CCCCSC1=C(C#N)C(=O)NC(c2ccco2)S1.O=C(NC1C(=O)/C(=C\C=C\c2ccco2)SC1=S)c1ccccc1O.O=C1CSCC(=O)N1c1csc(C(F)(F)F)c1-c1ccccc1. The van der Waals surface area contributed by atoms with Crippen LogP contribution in [-0.2, 0) is 65.8 Å². The number of amides is 9. The second kappa shape index (κ2) is 52.0. The number of nitrogens with two attached hydrogens (primary N) is 1. The number of aromatic hydroxyl groups is 1. The third kappa shape index (κ3) is 28.9. The van der Waals surface area contributed by atoms with Crippen molar-refractivity contribution in [2.75, 3.05) is 41.6 Å². The zero-order valence-corrected chi connectivity index (χ0v) is 85.1. The minimum atomic E-state index is -4.55. The largest absolute Gasteiger partial charge is 0.507 e. The Morgan fingerprint density at radius 1 is 0.701 bits per heavy atom. The predicted molar refractivity (Wildman–Crippen MR) is 552 cm³/mol. The van der Waals surface area contributed by atoms with Crippen LogP contribution in [-0.4, -0.2) is 135 Å². The van der Waals surface area contributed by atoms with E-state index in [2.05, 4.69) is 35.1 Å². The molecule has 5 aromatic carbocycles. The number of phenols is 1. The lowest BCUT2D eigenvalue weighted by atomic mass is 9.88. The van der Waals surface area contributed by atoms with Gasteiger partial charge in [-0.1, -0.05) is 146 Å². The number of aliphatic hydroxyl groups is 1. The third-order valence-corrected chi connectivity index (χ3v) is 30.9. The van der Waals surface area contributed by atoms with Crippen LogP contribution in [0.4, 0.5) is 18.9 Å². The molecule has 8 N–H and O–H groups in total. The Morgan fingerprint density at radius 3 is 1.85 bits per heavy atom. The first kappa shape index (κ1) is 111. The number of thioether (sulfide) groups is 6. The van der Waals surface area contributed by atoms with Crippen molar-refractivity contribution in [2.24, 2.45) is 11.1 Å². The van der Waals surface area contributed by atoms with E-state index in [0.717, 1.165) is 95.9 Å². The van der Waals surface area contributed by atoms with Crippen LogP contribution >= 0.6 is 106 Å². The number of phenolic OH excluding ortho intramolecular Hbond substituents is 1. The summed E-state index contributed by atoms with van der Waals surface area (Å²) in [5.41, 5.74) is 3.89. The second-order valence-electron chi connectivity index (χ2n) is 31.1. The van der Waals surface area contributed by atoms with E-state index in [1.807, 2.05) is 66.7 Å². The lowest BCUT2D eigenvalue weighted by molar-refractivity contribution is -0.142. The molecule has 6 aliphatic heterocycles. The molecule has 9 amide bonds. The molecule has 0 spiro atoms. The monoisotopic (exact) mass is 2140 g/mol. The van der Waals surface area contributed by atoms with Gasteiger partial charge in [0, 0.05) is 39.1 Å². The van der Waals surface area contributed by atoms with Crippen LogP contribution in [0.5, 0.6) is 11.5 Å². The summed E-state index contributed by atoms with van der Waals surface area (Å²) in [7, 11) is -2.15. The normalized spacial score (nSPS) is 17.8. The number of benzene rings is 5. The van der Waals surface area contributed by atoms with Crippen LogP contribution in [0.25, 0.3) is 45.9 Å². The Bertz CT molecular complexity index is 7030. The van der Waals surface area contributed by atoms with Gasteiger partial charge in [0.15, 0.2) is 5.78 Å². The maximum Gasteiger partial charge on any atom is 0.426 e. The summed E-state index contributed by atoms with van der Waals surface area (Å²) in [4.78, 5) is 123. The smallest absolute Gasteiger partial charge is 0.426 e. The van der Waals surface area contributed by atoms with Gasteiger partial charge in [-0.2, -0.15) is 34.2 Å². The molecule has 0 saturated carbocycles. The van der Waals surface area contributed by atoms with Gasteiger partial charge < -0.3 is 48.6 Å². The topological polar surface area (TPSA) is 483 Å². The first-order valence-electron chi connectivity index (χ1n) is 43.4. The van der Waals surface area contributed by atoms with Gasteiger partial charge in [-0.3, -0.25) is 58.2 Å². The van der Waals surface area contributed by atoms with Crippen LogP contribution in [0.1, 0.15) is 115 Å². The molecule has 6 aliphatic rings. The van der Waals surface area contributed by atoms with Crippen LogP contribution in [0, 0.1) is 51.2 Å². The average Bonchev–Trinajstić information content (AvgIpc) is 1.65. The molecule has 16 rings (SSSR count). The number of methoxy groups -OCH3 is 1. The maximum atomic E-state index is 13.3. The number of aliphatic hydroxyl groups excluding tert-OH is 1. The Labute approximate surface area is 864 Å². The number of thiophene rings is 1. The molecular weight excluding hydrogens is 2050 g/mol. The number of nitriles is 4. The highest BCUT2D eigenvalue weighted by molar-refractivity contribution is 8.27. The highest BCUT2D eigenvalue weighted by atomic mass is 35.5. The number of carbonyl (C=O) groups excluding carboxylic acids is 10. The highest BCUT2D eigenvalue weighted by Gasteiger charge is 2.43. The van der Waals surface area contributed by atoms with E-state index in [1.165, 1.54) is 78.3 Å². The molecule has 0 bridgehead atoms. The molecule has 11 heterocycles. The Balaban J connectivity index is 0.000000165. The number of hydrogen-bond donors (Lipinski definition) is 7. The quantitative estimate of drug-likeness (QED) is 0.0121. The Hall–Kier alpha value is -13.7. The summed E-state index contributed by atoms with van der Waals surface area (Å²) < 4.78 is 91.7. The molecule has 10 aromatic rings. The van der Waals surface area contributed by atoms with Gasteiger partial charge in [0.25, 0.3) is 35.4 Å². The lowest BCUT2D eigenvalue weighted by Crippen LogP contribution is -2.45. The van der Waals surface area contributed by atoms with E-state index >= 15 is 0 Å². The number of hydrogen-bond acceptors (Lipinski definition) is 31. The van der Waals surface area contributed by atoms with Gasteiger partial charge >= 0.3 is 6.18 Å². The van der Waals surface area contributed by atoms with Crippen molar-refractivity contribution < 1.29 is 102 Å². The molecule has 0 aliphatic carbocycles. The van der Waals surface area contributed by atoms with E-state index in [0.29, 0.717) is 76.7 Å². The van der Waals surface area contributed by atoms with Gasteiger partial charge in [-0.15, -0.1) is 46.6 Å². The number of furan rings is 4. The number of β-amino-alcohol motifs (C(OH)–C–C–N with tert-alkyl or cyclic N) is 1. The number of halogens is 4. The van der Waals surface area contributed by atoms with Crippen molar-refractivity contribution in [3.05, 3.63) is 302 Å². The Morgan fingerprint density at radius 2 is 1.28 bits per heavy atom. The summed E-state index contributed by atoms with van der Waals surface area (Å²) >= 11 is 20.1. The molecule has 2 fully saturated rings. The summed E-state index contributed by atoms with van der Waals surface area (Å²) in [5, 5.41) is 72.9. The van der Waals surface area contributed by atoms with Gasteiger partial charge in [0.2, 0.25) is 27.7 Å². The number of para-hydroxylation sites is 1. The standard InChI is InChI=1S/C21H17ClN2O4.C18H15N3O5S.C18H13NO4S2.C16H18N2O2S2.C15H10F3NO2S2.C13H14N2O2S2/c1-12(25)11-24-20(26)17(13(2)18(10-23)21(24)27)9-16-7-8-19(28-16)14-3-5-15(22)6-4-14;1-10-14(17(22)21-18(23)15(10)9-19)8-12-4-7-16(26-12)11-2-5-13(6-3-11)27(20,24)25;20-13-8-2-1-7-12(13)17(22)19-15-16(21)14(25-18(15)24)9-3-5-11-6-4-10-23-11;1-3-4-9-21-16-13(10-17)14(19)18-15(22-16)11-5-7-12(20-2)8-6-11;16-15(17,18)14-13(9-4-2-1-3-5-9)10(6-23-14)19-11(20)7-22-8-12(19)21;1-2-3-7-18-13-9(8-14)11(16)15-12(19-13)10-5-4-6-17-10/h3-9,12,25H,11H2,1-2H3;2-7,14H,8H2,1H3,(H2,20,24,25)(H,21,22,23);1-10,15,20H,(H,19,22);5-8,15H,3-4,9H2,1-2H3,(H,18,19);1-6H,7-8H2;4-6,12H,2-3,7H2,1H3,(H,15,16)/b17-9+;;5-3+,14-9+;;;. The number of ketones is 1. The van der Waals surface area contributed by atoms with E-state index in [4.69, 9.17) is 61.9 Å². The number of rotatable bonds is 25. The summed E-state index contributed by atoms with van der Waals surface area (Å²) in [6, 6.07) is 55.5. The van der Waals surface area contributed by atoms with Crippen molar-refractivity contribution in [3.8, 4) is 69.6 Å². The van der Waals surface area contributed by atoms with Crippen LogP contribution in [0.2, 0.25) is 5.02 Å². The number of sulfonamides is 1. The van der Waals surface area contributed by atoms with Gasteiger partial charge in [0.05, 0.1) is 83.4 Å². The van der Waals surface area contributed by atoms with E-state index < -0.39 is 80.5 Å². The number of imide groups is 3. The number of nitrogens with zero attached hydrogens (tertiary/aromatic N) is 6. The fourth-order valence-electron chi connectivity index (χ4n) is 13.8. The highest BCUT2D eigenvalue weighted by Crippen LogP contribution is 2.50. The van der Waals surface area contributed by atoms with Crippen molar-refractivity contribution >= 4 is 197 Å². The lowest BCUT2D eigenvalue weighted by Gasteiger charge is -2.28. The molecular formula is C101H87ClF3N11O19S9. The predicted octanol–water partition coefficient (Wildman–Crippen LogP) is 19.4. The second-order valence-corrected chi connectivity index (χ2v) is 41.7. The Kier molecular flexibility index (Phi) is 40.0. The number of thiocarbonyl (C=S) groups is 1. The van der Waals surface area contributed by atoms with Crippen LogP contribution in [0.3, 0.4) is 0 Å². The number of unbranched alkanes of at least 4 members (excludes halogenated alkanes) is 2. The first-order chi connectivity index (χ1) is 68.9. The van der Waals surface area contributed by atoms with Gasteiger partial charge in [-0.05, 0) is 207 Å². The zero-order chi connectivity index (χ0) is 104. The number of anilines is 1. The van der Waals surface area contributed by atoms with Crippen molar-refractivity contribution in [1.29, 1.82) is 21.0 Å². The zero-order valence-electron chi connectivity index (χ0n) is 77.0. The molecule has 5 atom stereocenters. The summed E-state index contributed by atoms with van der Waals surface area (Å²) in [6.45, 7) is 8.64. The number of Topliss-reactive ketones (excluding diaryl/α,β-unsaturated/α-hetero) is 1. The van der Waals surface area contributed by atoms with Gasteiger partial charge in [-0.25, -0.2) is 18.5 Å². The number of carbonyl (C=O) groups is 10. The number of allylic oxidation sites excluding steroid dienone is 2. The number of ether oxygens (including phenoxy) is 1.